The molecule has 1 aliphatic rings. The van der Waals surface area contributed by atoms with E-state index < -0.39 is 18.0 Å². The SMILES string of the molecule is COc1ccc(C2NC(=O)NC(C)=C2C(=O)OC(C)C)c(Br)c1OC. The molecule has 8 heteroatoms. The van der Waals surface area contributed by atoms with Crippen LogP contribution in [0, 0.1) is 0 Å². The van der Waals surface area contributed by atoms with E-state index in [1.165, 1.54) is 14.2 Å². The molecule has 1 heterocycles. The zero-order chi connectivity index (χ0) is 18.7. The van der Waals surface area contributed by atoms with Gasteiger partial charge in [0.2, 0.25) is 0 Å². The number of carbonyl (C=O) groups excluding carboxylic acids is 2. The molecule has 0 saturated carbocycles. The number of methoxy groups -OCH3 is 2. The van der Waals surface area contributed by atoms with Crippen LogP contribution in [0.2, 0.25) is 0 Å². The van der Waals surface area contributed by atoms with Gasteiger partial charge in [-0.15, -0.1) is 0 Å². The smallest absolute Gasteiger partial charge is 0.338 e. The van der Waals surface area contributed by atoms with Crippen LogP contribution in [0.25, 0.3) is 0 Å². The van der Waals surface area contributed by atoms with E-state index in [2.05, 4.69) is 26.6 Å². The van der Waals surface area contributed by atoms with Gasteiger partial charge in [-0.05, 0) is 48.3 Å². The standard InChI is InChI=1S/C17H21BrN2O5/c1-8(2)25-16(21)12-9(3)19-17(22)20-14(12)10-6-7-11(23-4)15(24-5)13(10)18/h6-8,14H,1-5H3,(H2,19,20,22). The van der Waals surface area contributed by atoms with Crippen LogP contribution in [0.1, 0.15) is 32.4 Å². The number of allylic oxidation sites excluding steroid dienone is 1. The largest absolute Gasteiger partial charge is 0.493 e. The molecule has 1 unspecified atom stereocenters. The lowest BCUT2D eigenvalue weighted by molar-refractivity contribution is -0.143. The van der Waals surface area contributed by atoms with E-state index in [-0.39, 0.29) is 6.10 Å². The van der Waals surface area contributed by atoms with Crippen LogP contribution in [-0.4, -0.2) is 32.3 Å². The first-order valence-electron chi connectivity index (χ1n) is 7.69. The minimum Gasteiger partial charge on any atom is -0.493 e. The number of halogens is 1. The van der Waals surface area contributed by atoms with Crippen molar-refractivity contribution in [2.75, 3.05) is 14.2 Å². The van der Waals surface area contributed by atoms with Gasteiger partial charge < -0.3 is 24.8 Å². The van der Waals surface area contributed by atoms with Crippen LogP contribution in [0.15, 0.2) is 27.9 Å². The third-order valence-electron chi connectivity index (χ3n) is 3.66. The van der Waals surface area contributed by atoms with Crippen LogP contribution in [0.5, 0.6) is 11.5 Å². The van der Waals surface area contributed by atoms with Crippen molar-refractivity contribution in [3.05, 3.63) is 33.4 Å². The molecule has 1 aromatic carbocycles. The normalized spacial score (nSPS) is 17.1. The zero-order valence-electron chi connectivity index (χ0n) is 14.7. The second kappa shape index (κ2) is 7.77. The molecule has 0 aliphatic carbocycles. The number of hydrogen-bond acceptors (Lipinski definition) is 5. The molecule has 0 bridgehead atoms. The summed E-state index contributed by atoms with van der Waals surface area (Å²) in [6.45, 7) is 5.20. The van der Waals surface area contributed by atoms with Gasteiger partial charge in [0.05, 0.1) is 36.4 Å². The second-order valence-electron chi connectivity index (χ2n) is 5.73. The fraction of sp³-hybridized carbons (Fsp3) is 0.412. The number of esters is 1. The van der Waals surface area contributed by atoms with Gasteiger partial charge in [-0.1, -0.05) is 6.07 Å². The monoisotopic (exact) mass is 412 g/mol. The number of urea groups is 1. The van der Waals surface area contributed by atoms with Crippen molar-refractivity contribution in [2.24, 2.45) is 0 Å². The van der Waals surface area contributed by atoms with E-state index in [1.54, 1.807) is 32.9 Å². The Morgan fingerprint density at radius 2 is 1.92 bits per heavy atom. The Kier molecular flexibility index (Phi) is 5.94. The van der Waals surface area contributed by atoms with Crippen LogP contribution >= 0.6 is 15.9 Å². The first-order valence-corrected chi connectivity index (χ1v) is 8.49. The molecule has 0 saturated heterocycles. The van der Waals surface area contributed by atoms with E-state index in [4.69, 9.17) is 14.2 Å². The molecule has 0 radical (unpaired) electrons. The summed E-state index contributed by atoms with van der Waals surface area (Å²) in [7, 11) is 3.05. The van der Waals surface area contributed by atoms with Crippen LogP contribution < -0.4 is 20.1 Å². The van der Waals surface area contributed by atoms with Crippen molar-refractivity contribution < 1.29 is 23.8 Å². The molecule has 2 rings (SSSR count). The summed E-state index contributed by atoms with van der Waals surface area (Å²) in [6.07, 6.45) is -0.278. The van der Waals surface area contributed by atoms with Crippen LogP contribution in [0.4, 0.5) is 4.79 Å². The molecule has 0 aromatic heterocycles. The Bertz CT molecular complexity index is 730. The maximum absolute atomic E-state index is 12.6. The highest BCUT2D eigenvalue weighted by molar-refractivity contribution is 9.10. The van der Waals surface area contributed by atoms with Gasteiger partial charge in [-0.2, -0.15) is 0 Å². The van der Waals surface area contributed by atoms with Gasteiger partial charge >= 0.3 is 12.0 Å². The summed E-state index contributed by atoms with van der Waals surface area (Å²) in [6, 6.07) is 2.39. The van der Waals surface area contributed by atoms with E-state index in [1.807, 2.05) is 0 Å². The molecule has 2 amide bonds. The highest BCUT2D eigenvalue weighted by atomic mass is 79.9. The fourth-order valence-electron chi connectivity index (χ4n) is 2.60. The average molecular weight is 413 g/mol. The maximum atomic E-state index is 12.6. The molecule has 0 spiro atoms. The van der Waals surface area contributed by atoms with Crippen molar-refractivity contribution in [1.29, 1.82) is 0 Å². The molecular formula is C17H21BrN2O5. The number of carbonyl (C=O) groups is 2. The minimum absolute atomic E-state index is 0.278. The molecule has 136 valence electrons. The van der Waals surface area contributed by atoms with Gasteiger partial charge in [0.1, 0.15) is 0 Å². The molecule has 7 nitrogen and oxygen atoms in total. The zero-order valence-corrected chi connectivity index (χ0v) is 16.3. The van der Waals surface area contributed by atoms with E-state index in [0.717, 1.165) is 0 Å². The van der Waals surface area contributed by atoms with Crippen molar-refractivity contribution in [2.45, 2.75) is 32.9 Å². The van der Waals surface area contributed by atoms with Crippen LogP contribution in [0.3, 0.4) is 0 Å². The van der Waals surface area contributed by atoms with Crippen molar-refractivity contribution in [3.63, 3.8) is 0 Å². The number of benzene rings is 1. The summed E-state index contributed by atoms with van der Waals surface area (Å²) in [4.78, 5) is 24.5. The summed E-state index contributed by atoms with van der Waals surface area (Å²) in [5.74, 6) is 0.513. The number of ether oxygens (including phenoxy) is 3. The molecule has 1 aromatic rings. The Balaban J connectivity index is 2.56. The molecular weight excluding hydrogens is 392 g/mol. The van der Waals surface area contributed by atoms with Crippen molar-refractivity contribution in [3.8, 4) is 11.5 Å². The molecule has 1 aliphatic heterocycles. The molecule has 2 N–H and O–H groups in total. The Labute approximate surface area is 154 Å². The lowest BCUT2D eigenvalue weighted by Gasteiger charge is -2.29. The van der Waals surface area contributed by atoms with Gasteiger partial charge in [0.25, 0.3) is 0 Å². The van der Waals surface area contributed by atoms with Gasteiger partial charge in [-0.3, -0.25) is 0 Å². The van der Waals surface area contributed by atoms with E-state index in [9.17, 15) is 9.59 Å². The van der Waals surface area contributed by atoms with Crippen LogP contribution in [-0.2, 0) is 9.53 Å². The number of hydrogen-bond donors (Lipinski definition) is 2. The summed E-state index contributed by atoms with van der Waals surface area (Å²) >= 11 is 3.48. The average Bonchev–Trinajstić information content (AvgIpc) is 2.52. The molecule has 25 heavy (non-hydrogen) atoms. The number of rotatable bonds is 5. The molecule has 1 atom stereocenters. The third-order valence-corrected chi connectivity index (χ3v) is 4.48. The summed E-state index contributed by atoms with van der Waals surface area (Å²) in [5.41, 5.74) is 1.44. The quantitative estimate of drug-likeness (QED) is 0.725. The predicted octanol–water partition coefficient (Wildman–Crippen LogP) is 3.05. The third kappa shape index (κ3) is 3.89. The van der Waals surface area contributed by atoms with Crippen molar-refractivity contribution >= 4 is 27.9 Å². The first kappa shape index (κ1) is 19.1. The summed E-state index contributed by atoms with van der Waals surface area (Å²) in [5, 5.41) is 5.37. The lowest BCUT2D eigenvalue weighted by atomic mass is 9.95. The topological polar surface area (TPSA) is 85.9 Å². The maximum Gasteiger partial charge on any atom is 0.338 e. The molecule has 0 fully saturated rings. The highest BCUT2D eigenvalue weighted by Gasteiger charge is 2.34. The fourth-order valence-corrected chi connectivity index (χ4v) is 3.32. The highest BCUT2D eigenvalue weighted by Crippen LogP contribution is 2.42. The van der Waals surface area contributed by atoms with Gasteiger partial charge in [0, 0.05) is 5.70 Å². The number of nitrogens with one attached hydrogen (secondary N) is 2. The Hall–Kier alpha value is -2.22. The lowest BCUT2D eigenvalue weighted by Crippen LogP contribution is -2.45. The minimum atomic E-state index is -0.686. The number of amides is 2. The van der Waals surface area contributed by atoms with E-state index >= 15 is 0 Å². The first-order chi connectivity index (χ1) is 11.8. The van der Waals surface area contributed by atoms with Crippen molar-refractivity contribution in [1.82, 2.24) is 10.6 Å². The second-order valence-corrected chi connectivity index (χ2v) is 6.52. The van der Waals surface area contributed by atoms with E-state index in [0.29, 0.717) is 32.8 Å². The Morgan fingerprint density at radius 1 is 1.24 bits per heavy atom. The predicted molar refractivity (Wildman–Crippen MR) is 95.6 cm³/mol. The van der Waals surface area contributed by atoms with Gasteiger partial charge in [-0.25, -0.2) is 9.59 Å². The Morgan fingerprint density at radius 3 is 2.48 bits per heavy atom. The summed E-state index contributed by atoms with van der Waals surface area (Å²) < 4.78 is 16.6. The van der Waals surface area contributed by atoms with Gasteiger partial charge in [0.15, 0.2) is 11.5 Å².